The van der Waals surface area contributed by atoms with Gasteiger partial charge in [0.2, 0.25) is 5.88 Å². The molecule has 0 amide bonds. The molecule has 108 valence electrons. The van der Waals surface area contributed by atoms with Crippen LogP contribution in [0, 0.1) is 0 Å². The average molecular weight is 284 g/mol. The normalized spacial score (nSPS) is 13.0. The van der Waals surface area contributed by atoms with Crippen LogP contribution in [0.4, 0.5) is 5.69 Å². The molecule has 0 bridgehead atoms. The molecule has 2 aromatic rings. The summed E-state index contributed by atoms with van der Waals surface area (Å²) < 4.78 is 10.6. The van der Waals surface area contributed by atoms with E-state index in [4.69, 9.17) is 9.47 Å². The summed E-state index contributed by atoms with van der Waals surface area (Å²) in [5.74, 6) is 0.469. The average Bonchev–Trinajstić information content (AvgIpc) is 2.55. The van der Waals surface area contributed by atoms with E-state index < -0.39 is 5.97 Å². The number of methoxy groups -OCH3 is 1. The molecule has 21 heavy (non-hydrogen) atoms. The van der Waals surface area contributed by atoms with E-state index in [1.807, 2.05) is 12.1 Å². The molecule has 0 saturated heterocycles. The number of pyridine rings is 1. The third kappa shape index (κ3) is 2.67. The Hall–Kier alpha value is -2.56. The third-order valence-electron chi connectivity index (χ3n) is 3.42. The first-order valence-corrected chi connectivity index (χ1v) is 6.86. The maximum atomic E-state index is 11.8. The van der Waals surface area contributed by atoms with Crippen molar-refractivity contribution in [2.45, 2.75) is 12.8 Å². The summed E-state index contributed by atoms with van der Waals surface area (Å²) >= 11 is 0. The summed E-state index contributed by atoms with van der Waals surface area (Å²) in [7, 11) is 1.34. The van der Waals surface area contributed by atoms with Crippen LogP contribution in [0.15, 0.2) is 36.5 Å². The van der Waals surface area contributed by atoms with Gasteiger partial charge in [0.15, 0.2) is 5.75 Å². The molecule has 1 aliphatic heterocycles. The van der Waals surface area contributed by atoms with E-state index in [0.29, 0.717) is 11.3 Å². The second-order valence-electron chi connectivity index (χ2n) is 4.77. The molecule has 5 nitrogen and oxygen atoms in total. The minimum Gasteiger partial charge on any atom is -0.465 e. The third-order valence-corrected chi connectivity index (χ3v) is 3.42. The fraction of sp³-hybridized carbons (Fsp3) is 0.250. The molecule has 0 fully saturated rings. The van der Waals surface area contributed by atoms with E-state index in [1.165, 1.54) is 12.7 Å². The molecule has 5 heteroatoms. The number of carbonyl (C=O) groups is 1. The van der Waals surface area contributed by atoms with Gasteiger partial charge < -0.3 is 14.8 Å². The molecule has 3 rings (SSSR count). The fourth-order valence-corrected chi connectivity index (χ4v) is 2.40. The molecule has 0 unspecified atom stereocenters. The van der Waals surface area contributed by atoms with E-state index in [2.05, 4.69) is 16.4 Å². The molecule has 0 saturated carbocycles. The van der Waals surface area contributed by atoms with Crippen LogP contribution in [0.2, 0.25) is 0 Å². The lowest BCUT2D eigenvalue weighted by molar-refractivity contribution is 0.0597. The van der Waals surface area contributed by atoms with Crippen molar-refractivity contribution in [3.63, 3.8) is 0 Å². The van der Waals surface area contributed by atoms with Gasteiger partial charge in [0.05, 0.1) is 12.8 Å². The molecule has 0 aliphatic carbocycles. The Bertz CT molecular complexity index is 670. The van der Waals surface area contributed by atoms with Crippen molar-refractivity contribution in [2.24, 2.45) is 0 Å². The first kappa shape index (κ1) is 13.4. The monoisotopic (exact) mass is 284 g/mol. The summed E-state index contributed by atoms with van der Waals surface area (Å²) in [5, 5.41) is 3.35. The number of aromatic nitrogens is 1. The predicted octanol–water partition coefficient (Wildman–Crippen LogP) is 3.02. The van der Waals surface area contributed by atoms with E-state index in [9.17, 15) is 4.79 Å². The second-order valence-corrected chi connectivity index (χ2v) is 4.77. The van der Waals surface area contributed by atoms with E-state index in [-0.39, 0.29) is 5.88 Å². The van der Waals surface area contributed by atoms with Crippen LogP contribution in [0.5, 0.6) is 11.6 Å². The molecule has 2 heterocycles. The number of nitrogens with one attached hydrogen (secondary N) is 1. The van der Waals surface area contributed by atoms with Crippen LogP contribution < -0.4 is 10.1 Å². The second kappa shape index (κ2) is 5.83. The van der Waals surface area contributed by atoms with Crippen LogP contribution in [-0.2, 0) is 11.2 Å². The number of nitrogens with zero attached hydrogens (tertiary/aromatic N) is 1. The summed E-state index contributed by atoms with van der Waals surface area (Å²) in [5.41, 5.74) is 2.51. The largest absolute Gasteiger partial charge is 0.465 e. The number of aryl methyl sites for hydroxylation is 1. The van der Waals surface area contributed by atoms with Gasteiger partial charge in [-0.05, 0) is 36.6 Å². The SMILES string of the molecule is COC(=O)c1cccnc1Oc1cccc2c1NCCC2. The van der Waals surface area contributed by atoms with Crippen molar-refractivity contribution in [3.05, 3.63) is 47.7 Å². The number of fused-ring (bicyclic) bond motifs is 1. The lowest BCUT2D eigenvalue weighted by Crippen LogP contribution is -2.13. The zero-order valence-corrected chi connectivity index (χ0v) is 11.8. The van der Waals surface area contributed by atoms with Crippen molar-refractivity contribution in [1.29, 1.82) is 0 Å². The number of hydrogen-bond acceptors (Lipinski definition) is 5. The van der Waals surface area contributed by atoms with Gasteiger partial charge in [0, 0.05) is 12.7 Å². The van der Waals surface area contributed by atoms with Gasteiger partial charge in [-0.25, -0.2) is 9.78 Å². The maximum absolute atomic E-state index is 11.8. The van der Waals surface area contributed by atoms with Crippen molar-refractivity contribution >= 4 is 11.7 Å². The Balaban J connectivity index is 1.96. The molecule has 0 spiro atoms. The number of carbonyl (C=O) groups excluding carboxylic acids is 1. The zero-order valence-electron chi connectivity index (χ0n) is 11.8. The lowest BCUT2D eigenvalue weighted by Gasteiger charge is -2.21. The van der Waals surface area contributed by atoms with Gasteiger partial charge in [-0.15, -0.1) is 0 Å². The van der Waals surface area contributed by atoms with Crippen LogP contribution in [-0.4, -0.2) is 24.6 Å². The van der Waals surface area contributed by atoms with Gasteiger partial charge >= 0.3 is 5.97 Å². The van der Waals surface area contributed by atoms with Crippen LogP contribution in [0.1, 0.15) is 22.3 Å². The quantitative estimate of drug-likeness (QED) is 0.878. The molecule has 1 aliphatic rings. The molecule has 0 radical (unpaired) electrons. The number of hydrogen-bond donors (Lipinski definition) is 1. The summed E-state index contributed by atoms with van der Waals surface area (Å²) in [6.45, 7) is 0.916. The standard InChI is InChI=1S/C16H16N2O3/c1-20-16(19)12-7-4-10-18-15(12)21-13-8-2-5-11-6-3-9-17-14(11)13/h2,4-5,7-8,10,17H,3,6,9H2,1H3. The highest BCUT2D eigenvalue weighted by atomic mass is 16.5. The topological polar surface area (TPSA) is 60.5 Å². The fourth-order valence-electron chi connectivity index (χ4n) is 2.40. The van der Waals surface area contributed by atoms with Crippen LogP contribution >= 0.6 is 0 Å². The highest BCUT2D eigenvalue weighted by Crippen LogP contribution is 2.35. The minimum absolute atomic E-state index is 0.255. The zero-order chi connectivity index (χ0) is 14.7. The minimum atomic E-state index is -0.462. The molecule has 1 aromatic heterocycles. The van der Waals surface area contributed by atoms with Crippen LogP contribution in [0.25, 0.3) is 0 Å². The Morgan fingerprint density at radius 1 is 1.29 bits per heavy atom. The van der Waals surface area contributed by atoms with Crippen molar-refractivity contribution in [1.82, 2.24) is 4.98 Å². The van der Waals surface area contributed by atoms with Gasteiger partial charge in [-0.3, -0.25) is 0 Å². The highest BCUT2D eigenvalue weighted by molar-refractivity contribution is 5.91. The maximum Gasteiger partial charge on any atom is 0.343 e. The van der Waals surface area contributed by atoms with E-state index >= 15 is 0 Å². The highest BCUT2D eigenvalue weighted by Gasteiger charge is 2.18. The van der Waals surface area contributed by atoms with E-state index in [0.717, 1.165) is 25.1 Å². The first-order chi connectivity index (χ1) is 10.3. The molecule has 1 aromatic carbocycles. The van der Waals surface area contributed by atoms with Crippen molar-refractivity contribution in [3.8, 4) is 11.6 Å². The van der Waals surface area contributed by atoms with Crippen molar-refractivity contribution < 1.29 is 14.3 Å². The van der Waals surface area contributed by atoms with Crippen molar-refractivity contribution in [2.75, 3.05) is 19.0 Å². The molecule has 0 atom stereocenters. The number of rotatable bonds is 3. The Morgan fingerprint density at radius 2 is 2.19 bits per heavy atom. The number of benzene rings is 1. The first-order valence-electron chi connectivity index (χ1n) is 6.86. The summed E-state index contributed by atoms with van der Waals surface area (Å²) in [6, 6.07) is 9.21. The smallest absolute Gasteiger partial charge is 0.343 e. The Labute approximate surface area is 122 Å². The van der Waals surface area contributed by atoms with Gasteiger partial charge in [-0.2, -0.15) is 0 Å². The van der Waals surface area contributed by atoms with Gasteiger partial charge in [-0.1, -0.05) is 12.1 Å². The van der Waals surface area contributed by atoms with Gasteiger partial charge in [0.25, 0.3) is 0 Å². The number of para-hydroxylation sites is 1. The molecule has 1 N–H and O–H groups in total. The Kier molecular flexibility index (Phi) is 3.73. The number of ether oxygens (including phenoxy) is 2. The summed E-state index contributed by atoms with van der Waals surface area (Å²) in [6.07, 6.45) is 3.71. The van der Waals surface area contributed by atoms with Gasteiger partial charge in [0.1, 0.15) is 5.56 Å². The van der Waals surface area contributed by atoms with E-state index in [1.54, 1.807) is 18.3 Å². The molecular formula is C16H16N2O3. The number of esters is 1. The lowest BCUT2D eigenvalue weighted by atomic mass is 10.0. The van der Waals surface area contributed by atoms with Crippen LogP contribution in [0.3, 0.4) is 0 Å². The Morgan fingerprint density at radius 3 is 3.05 bits per heavy atom. The molecular weight excluding hydrogens is 268 g/mol. The summed E-state index contributed by atoms with van der Waals surface area (Å²) in [4.78, 5) is 15.9. The number of anilines is 1. The predicted molar refractivity (Wildman–Crippen MR) is 78.9 cm³/mol.